The summed E-state index contributed by atoms with van der Waals surface area (Å²) in [6.07, 6.45) is 8.79. The second-order valence-electron chi connectivity index (χ2n) is 8.12. The first-order valence-corrected chi connectivity index (χ1v) is 11.6. The Morgan fingerprint density at radius 2 is 1.87 bits per heavy atom. The predicted octanol–water partition coefficient (Wildman–Crippen LogP) is 3.73. The number of unbranched alkanes of at least 4 members (excludes halogenated alkanes) is 2. The number of rotatable bonds is 13. The Morgan fingerprint density at radius 1 is 1.03 bits per heavy atom. The maximum atomic E-state index is 5.98. The van der Waals surface area contributed by atoms with Crippen molar-refractivity contribution in [3.63, 3.8) is 0 Å². The number of hydrogen-bond acceptors (Lipinski definition) is 4. The van der Waals surface area contributed by atoms with Crippen molar-refractivity contribution in [2.24, 2.45) is 4.99 Å². The van der Waals surface area contributed by atoms with Crippen molar-refractivity contribution >= 4 is 5.96 Å². The van der Waals surface area contributed by atoms with E-state index in [9.17, 15) is 0 Å². The van der Waals surface area contributed by atoms with Crippen LogP contribution in [0.3, 0.4) is 0 Å². The smallest absolute Gasteiger partial charge is 0.191 e. The molecule has 0 amide bonds. The molecule has 0 atom stereocenters. The lowest BCUT2D eigenvalue weighted by Gasteiger charge is -2.26. The zero-order chi connectivity index (χ0) is 21.4. The summed E-state index contributed by atoms with van der Waals surface area (Å²) < 4.78 is 11.1. The minimum atomic E-state index is 0.661. The molecule has 0 aliphatic carbocycles. The SMILES string of the molecule is CN=C(NCCCCCN1CCCCC1)NCc1ccc(C)cc1OCCCOC. The molecule has 6 heteroatoms. The number of benzene rings is 1. The molecule has 170 valence electrons. The highest BCUT2D eigenvalue weighted by Crippen LogP contribution is 2.20. The van der Waals surface area contributed by atoms with Crippen LogP contribution in [0.1, 0.15) is 56.1 Å². The molecule has 0 aromatic heterocycles. The molecular formula is C24H42N4O2. The van der Waals surface area contributed by atoms with Gasteiger partial charge in [-0.15, -0.1) is 0 Å². The fourth-order valence-corrected chi connectivity index (χ4v) is 3.75. The van der Waals surface area contributed by atoms with Crippen LogP contribution in [0.5, 0.6) is 5.75 Å². The summed E-state index contributed by atoms with van der Waals surface area (Å²) in [5.41, 5.74) is 2.34. The van der Waals surface area contributed by atoms with Crippen LogP contribution in [0.2, 0.25) is 0 Å². The fourth-order valence-electron chi connectivity index (χ4n) is 3.75. The first kappa shape index (κ1) is 24.5. The van der Waals surface area contributed by atoms with E-state index in [2.05, 4.69) is 45.6 Å². The maximum absolute atomic E-state index is 5.98. The van der Waals surface area contributed by atoms with Gasteiger partial charge in [-0.25, -0.2) is 0 Å². The first-order chi connectivity index (χ1) is 14.7. The van der Waals surface area contributed by atoms with E-state index in [0.717, 1.165) is 30.2 Å². The Bertz CT molecular complexity index is 615. The third-order valence-corrected chi connectivity index (χ3v) is 5.54. The van der Waals surface area contributed by atoms with Gasteiger partial charge in [0, 0.05) is 45.8 Å². The van der Waals surface area contributed by atoms with Gasteiger partial charge in [0.1, 0.15) is 5.75 Å². The Balaban J connectivity index is 1.65. The van der Waals surface area contributed by atoms with Gasteiger partial charge in [-0.05, 0) is 63.9 Å². The Morgan fingerprint density at radius 3 is 2.63 bits per heavy atom. The van der Waals surface area contributed by atoms with Crippen molar-refractivity contribution in [3.8, 4) is 5.75 Å². The molecule has 6 nitrogen and oxygen atoms in total. The highest BCUT2D eigenvalue weighted by Gasteiger charge is 2.09. The predicted molar refractivity (Wildman–Crippen MR) is 126 cm³/mol. The van der Waals surface area contributed by atoms with Gasteiger partial charge in [-0.2, -0.15) is 0 Å². The summed E-state index contributed by atoms with van der Waals surface area (Å²) in [5, 5.41) is 6.85. The average Bonchev–Trinajstić information content (AvgIpc) is 2.77. The van der Waals surface area contributed by atoms with Crippen LogP contribution in [0.4, 0.5) is 0 Å². The second-order valence-corrected chi connectivity index (χ2v) is 8.12. The third kappa shape index (κ3) is 9.81. The largest absolute Gasteiger partial charge is 0.493 e. The highest BCUT2D eigenvalue weighted by atomic mass is 16.5. The normalized spacial score (nSPS) is 15.2. The molecule has 1 aromatic rings. The molecule has 0 radical (unpaired) electrons. The van der Waals surface area contributed by atoms with Crippen molar-refractivity contribution in [1.29, 1.82) is 0 Å². The van der Waals surface area contributed by atoms with Crippen LogP contribution in [-0.2, 0) is 11.3 Å². The highest BCUT2D eigenvalue weighted by molar-refractivity contribution is 5.79. The second kappa shape index (κ2) is 15.1. The average molecular weight is 419 g/mol. The molecule has 0 saturated carbocycles. The molecular weight excluding hydrogens is 376 g/mol. The zero-order valence-corrected chi connectivity index (χ0v) is 19.3. The molecule has 2 rings (SSSR count). The minimum Gasteiger partial charge on any atom is -0.493 e. The summed E-state index contributed by atoms with van der Waals surface area (Å²) in [6, 6.07) is 6.35. The van der Waals surface area contributed by atoms with Gasteiger partial charge in [0.05, 0.1) is 6.61 Å². The van der Waals surface area contributed by atoms with E-state index in [4.69, 9.17) is 9.47 Å². The van der Waals surface area contributed by atoms with Gasteiger partial charge < -0.3 is 25.0 Å². The summed E-state index contributed by atoms with van der Waals surface area (Å²) in [7, 11) is 3.54. The number of guanidine groups is 1. The van der Waals surface area contributed by atoms with Crippen LogP contribution >= 0.6 is 0 Å². The topological polar surface area (TPSA) is 58.1 Å². The number of nitrogens with one attached hydrogen (secondary N) is 2. The van der Waals surface area contributed by atoms with Crippen LogP contribution < -0.4 is 15.4 Å². The molecule has 1 aromatic carbocycles. The van der Waals surface area contributed by atoms with E-state index in [1.54, 1.807) is 7.11 Å². The van der Waals surface area contributed by atoms with Crippen molar-refractivity contribution in [1.82, 2.24) is 15.5 Å². The monoisotopic (exact) mass is 418 g/mol. The third-order valence-electron chi connectivity index (χ3n) is 5.54. The summed E-state index contributed by atoms with van der Waals surface area (Å²) in [4.78, 5) is 6.98. The number of piperidine rings is 1. The Hall–Kier alpha value is -1.79. The first-order valence-electron chi connectivity index (χ1n) is 11.6. The number of aliphatic imine (C=N–C) groups is 1. The van der Waals surface area contributed by atoms with E-state index in [1.165, 1.54) is 63.7 Å². The van der Waals surface area contributed by atoms with Gasteiger partial charge in [0.15, 0.2) is 5.96 Å². The molecule has 1 saturated heterocycles. The van der Waals surface area contributed by atoms with Gasteiger partial charge in [0.2, 0.25) is 0 Å². The van der Waals surface area contributed by atoms with E-state index in [0.29, 0.717) is 19.8 Å². The van der Waals surface area contributed by atoms with Crippen LogP contribution in [0, 0.1) is 6.92 Å². The number of aryl methyl sites for hydroxylation is 1. The molecule has 0 spiro atoms. The van der Waals surface area contributed by atoms with Crippen LogP contribution in [0.25, 0.3) is 0 Å². The molecule has 0 bridgehead atoms. The maximum Gasteiger partial charge on any atom is 0.191 e. The minimum absolute atomic E-state index is 0.661. The number of nitrogens with zero attached hydrogens (tertiary/aromatic N) is 2. The van der Waals surface area contributed by atoms with Gasteiger partial charge >= 0.3 is 0 Å². The summed E-state index contributed by atoms with van der Waals surface area (Å²) >= 11 is 0. The van der Waals surface area contributed by atoms with Crippen LogP contribution in [0.15, 0.2) is 23.2 Å². The van der Waals surface area contributed by atoms with Crippen molar-refractivity contribution in [2.75, 3.05) is 53.6 Å². The van der Waals surface area contributed by atoms with E-state index in [-0.39, 0.29) is 0 Å². The molecule has 0 unspecified atom stereocenters. The van der Waals surface area contributed by atoms with Crippen LogP contribution in [-0.4, -0.2) is 64.4 Å². The number of hydrogen-bond donors (Lipinski definition) is 2. The van der Waals surface area contributed by atoms with Crippen molar-refractivity contribution in [2.45, 2.75) is 58.4 Å². The lowest BCUT2D eigenvalue weighted by Crippen LogP contribution is -2.37. The lowest BCUT2D eigenvalue weighted by molar-refractivity contribution is 0.171. The zero-order valence-electron chi connectivity index (χ0n) is 19.3. The van der Waals surface area contributed by atoms with Gasteiger partial charge in [-0.3, -0.25) is 4.99 Å². The summed E-state index contributed by atoms with van der Waals surface area (Å²) in [5.74, 6) is 1.78. The van der Waals surface area contributed by atoms with Crippen molar-refractivity contribution in [3.05, 3.63) is 29.3 Å². The van der Waals surface area contributed by atoms with E-state index in [1.807, 2.05) is 7.05 Å². The molecule has 30 heavy (non-hydrogen) atoms. The molecule has 2 N–H and O–H groups in total. The quantitative estimate of drug-likeness (QED) is 0.290. The molecule has 1 fully saturated rings. The lowest BCUT2D eigenvalue weighted by atomic mass is 10.1. The van der Waals surface area contributed by atoms with Gasteiger partial charge in [-0.1, -0.05) is 25.0 Å². The van der Waals surface area contributed by atoms with E-state index < -0.39 is 0 Å². The fraction of sp³-hybridized carbons (Fsp3) is 0.708. The molecule has 1 aliphatic heterocycles. The molecule has 1 aliphatic rings. The van der Waals surface area contributed by atoms with E-state index >= 15 is 0 Å². The molecule has 1 heterocycles. The number of likely N-dealkylation sites (tertiary alicyclic amines) is 1. The summed E-state index contributed by atoms with van der Waals surface area (Å²) in [6.45, 7) is 8.96. The Labute approximate surface area is 183 Å². The Kier molecular flexibility index (Phi) is 12.3. The number of ether oxygens (including phenoxy) is 2. The number of methoxy groups -OCH3 is 1. The van der Waals surface area contributed by atoms with Crippen molar-refractivity contribution < 1.29 is 9.47 Å². The standard InChI is InChI=1S/C24H42N4O2/c1-21-11-12-22(23(19-21)30-18-10-17-29-3)20-27-24(25-2)26-13-6-4-7-14-28-15-8-5-9-16-28/h11-12,19H,4-10,13-18,20H2,1-3H3,(H2,25,26,27). The van der Waals surface area contributed by atoms with Gasteiger partial charge in [0.25, 0.3) is 0 Å².